The molecule has 1 aromatic heterocycles. The highest BCUT2D eigenvalue weighted by Gasteiger charge is 2.15. The second kappa shape index (κ2) is 5.14. The maximum atomic E-state index is 12.4. The molecule has 0 N–H and O–H groups in total. The van der Waals surface area contributed by atoms with Gasteiger partial charge in [-0.1, -0.05) is 41.9 Å². The highest BCUT2D eigenvalue weighted by molar-refractivity contribution is 6.31. The summed E-state index contributed by atoms with van der Waals surface area (Å²) in [5.41, 5.74) is 3.26. The van der Waals surface area contributed by atoms with Gasteiger partial charge in [0.1, 0.15) is 11.8 Å². The third kappa shape index (κ3) is 2.35. The monoisotopic (exact) mass is 284 g/mol. The Morgan fingerprint density at radius 2 is 2.00 bits per heavy atom. The van der Waals surface area contributed by atoms with Gasteiger partial charge < -0.3 is 4.42 Å². The highest BCUT2D eigenvalue weighted by atomic mass is 35.5. The average molecular weight is 285 g/mol. The van der Waals surface area contributed by atoms with Crippen molar-refractivity contribution < 1.29 is 9.21 Å². The first-order valence-electron chi connectivity index (χ1n) is 6.39. The molecule has 0 aliphatic rings. The van der Waals surface area contributed by atoms with Crippen molar-refractivity contribution in [3.63, 3.8) is 0 Å². The van der Waals surface area contributed by atoms with Crippen LogP contribution in [-0.2, 0) is 6.42 Å². The van der Waals surface area contributed by atoms with Crippen LogP contribution in [-0.4, -0.2) is 5.78 Å². The number of carbonyl (C=O) groups excluding carboxylic acids is 1. The maximum absolute atomic E-state index is 12.4. The van der Waals surface area contributed by atoms with Crippen LogP contribution in [0.25, 0.3) is 11.0 Å². The molecular formula is C17H13ClO2. The predicted molar refractivity (Wildman–Crippen MR) is 80.4 cm³/mol. The molecule has 0 unspecified atom stereocenters. The van der Waals surface area contributed by atoms with Crippen molar-refractivity contribution in [2.75, 3.05) is 0 Å². The van der Waals surface area contributed by atoms with E-state index < -0.39 is 0 Å². The third-order valence-corrected chi connectivity index (χ3v) is 3.69. The SMILES string of the molecule is Cc1ccc(CC(=O)c2coc3ccccc23)c(Cl)c1. The molecule has 0 fully saturated rings. The van der Waals surface area contributed by atoms with Crippen molar-refractivity contribution >= 4 is 28.4 Å². The number of fused-ring (bicyclic) bond motifs is 1. The number of hydrogen-bond donors (Lipinski definition) is 0. The van der Waals surface area contributed by atoms with Crippen molar-refractivity contribution in [1.82, 2.24) is 0 Å². The summed E-state index contributed by atoms with van der Waals surface area (Å²) >= 11 is 6.18. The van der Waals surface area contributed by atoms with E-state index >= 15 is 0 Å². The van der Waals surface area contributed by atoms with Crippen LogP contribution in [0.15, 0.2) is 53.1 Å². The number of aryl methyl sites for hydroxylation is 1. The largest absolute Gasteiger partial charge is 0.464 e. The van der Waals surface area contributed by atoms with Crippen molar-refractivity contribution in [2.45, 2.75) is 13.3 Å². The summed E-state index contributed by atoms with van der Waals surface area (Å²) < 4.78 is 5.40. The summed E-state index contributed by atoms with van der Waals surface area (Å²) in [6.45, 7) is 1.97. The van der Waals surface area contributed by atoms with Crippen LogP contribution in [0.3, 0.4) is 0 Å². The van der Waals surface area contributed by atoms with Gasteiger partial charge in [0.15, 0.2) is 5.78 Å². The Labute approximate surface area is 122 Å². The van der Waals surface area contributed by atoms with E-state index in [4.69, 9.17) is 16.0 Å². The zero-order chi connectivity index (χ0) is 14.1. The molecule has 1 heterocycles. The van der Waals surface area contributed by atoms with Crippen LogP contribution < -0.4 is 0 Å². The van der Waals surface area contributed by atoms with Crippen LogP contribution in [0.1, 0.15) is 21.5 Å². The topological polar surface area (TPSA) is 30.2 Å². The van der Waals surface area contributed by atoms with Crippen molar-refractivity contribution in [2.24, 2.45) is 0 Å². The Morgan fingerprint density at radius 1 is 1.20 bits per heavy atom. The fourth-order valence-electron chi connectivity index (χ4n) is 2.26. The molecular weight excluding hydrogens is 272 g/mol. The lowest BCUT2D eigenvalue weighted by molar-refractivity contribution is 0.0993. The van der Waals surface area contributed by atoms with E-state index in [2.05, 4.69) is 0 Å². The lowest BCUT2D eigenvalue weighted by atomic mass is 10.0. The number of carbonyl (C=O) groups is 1. The van der Waals surface area contributed by atoms with Crippen LogP contribution >= 0.6 is 11.6 Å². The van der Waals surface area contributed by atoms with Gasteiger partial charge in [-0.05, 0) is 30.2 Å². The molecule has 0 aliphatic heterocycles. The molecule has 3 rings (SSSR count). The molecule has 0 radical (unpaired) electrons. The number of ketones is 1. The minimum Gasteiger partial charge on any atom is -0.464 e. The number of benzene rings is 2. The number of furan rings is 1. The molecule has 0 bridgehead atoms. The van der Waals surface area contributed by atoms with Crippen molar-refractivity contribution in [3.05, 3.63) is 70.4 Å². The first-order chi connectivity index (χ1) is 9.65. The summed E-state index contributed by atoms with van der Waals surface area (Å²) in [6, 6.07) is 13.3. The van der Waals surface area contributed by atoms with Crippen LogP contribution in [0.5, 0.6) is 0 Å². The standard InChI is InChI=1S/C17H13ClO2/c1-11-6-7-12(15(18)8-11)9-16(19)14-10-20-17-5-3-2-4-13(14)17/h2-8,10H,9H2,1H3. The van der Waals surface area contributed by atoms with Crippen LogP contribution in [0.4, 0.5) is 0 Å². The molecule has 0 atom stereocenters. The average Bonchev–Trinajstić information content (AvgIpc) is 2.86. The zero-order valence-electron chi connectivity index (χ0n) is 11.0. The molecule has 3 aromatic rings. The Kier molecular flexibility index (Phi) is 3.33. The lowest BCUT2D eigenvalue weighted by Crippen LogP contribution is -2.03. The predicted octanol–water partition coefficient (Wildman–Crippen LogP) is 4.82. The number of Topliss-reactive ketones (excluding diaryl/α,β-unsaturated/α-hetero) is 1. The van der Waals surface area contributed by atoms with E-state index in [1.807, 2.05) is 49.4 Å². The molecule has 0 spiro atoms. The normalized spacial score (nSPS) is 10.9. The van der Waals surface area contributed by atoms with E-state index in [-0.39, 0.29) is 12.2 Å². The number of halogens is 1. The highest BCUT2D eigenvalue weighted by Crippen LogP contribution is 2.24. The zero-order valence-corrected chi connectivity index (χ0v) is 11.8. The van der Waals surface area contributed by atoms with E-state index in [0.717, 1.165) is 22.1 Å². The van der Waals surface area contributed by atoms with Gasteiger partial charge in [-0.3, -0.25) is 4.79 Å². The van der Waals surface area contributed by atoms with Gasteiger partial charge in [0.25, 0.3) is 0 Å². The maximum Gasteiger partial charge on any atom is 0.171 e. The van der Waals surface area contributed by atoms with E-state index in [1.165, 1.54) is 6.26 Å². The van der Waals surface area contributed by atoms with E-state index in [9.17, 15) is 4.79 Å². The first-order valence-corrected chi connectivity index (χ1v) is 6.77. The molecule has 0 saturated heterocycles. The molecule has 100 valence electrons. The number of para-hydroxylation sites is 1. The molecule has 0 aliphatic carbocycles. The fraction of sp³-hybridized carbons (Fsp3) is 0.118. The van der Waals surface area contributed by atoms with E-state index in [0.29, 0.717) is 10.6 Å². The Balaban J connectivity index is 1.93. The Hall–Kier alpha value is -2.06. The minimum atomic E-state index is 0.0145. The quantitative estimate of drug-likeness (QED) is 0.646. The third-order valence-electron chi connectivity index (χ3n) is 3.34. The fourth-order valence-corrected chi connectivity index (χ4v) is 2.56. The van der Waals surface area contributed by atoms with Crippen LogP contribution in [0.2, 0.25) is 5.02 Å². The molecule has 0 saturated carbocycles. The summed E-state index contributed by atoms with van der Waals surface area (Å²) in [5.74, 6) is 0.0145. The molecule has 0 amide bonds. The van der Waals surface area contributed by atoms with Gasteiger partial charge >= 0.3 is 0 Å². The summed E-state index contributed by atoms with van der Waals surface area (Å²) in [5, 5.41) is 1.48. The van der Waals surface area contributed by atoms with E-state index in [1.54, 1.807) is 0 Å². The summed E-state index contributed by atoms with van der Waals surface area (Å²) in [7, 11) is 0. The second-order valence-corrected chi connectivity index (χ2v) is 5.25. The molecule has 2 aromatic carbocycles. The van der Waals surface area contributed by atoms with Gasteiger partial charge in [0.05, 0.1) is 5.56 Å². The smallest absolute Gasteiger partial charge is 0.171 e. The molecule has 2 nitrogen and oxygen atoms in total. The van der Waals surface area contributed by atoms with Gasteiger partial charge in [0.2, 0.25) is 0 Å². The Morgan fingerprint density at radius 3 is 2.80 bits per heavy atom. The van der Waals surface area contributed by atoms with Gasteiger partial charge in [0, 0.05) is 16.8 Å². The van der Waals surface area contributed by atoms with Crippen LogP contribution in [0, 0.1) is 6.92 Å². The van der Waals surface area contributed by atoms with Gasteiger partial charge in [-0.2, -0.15) is 0 Å². The van der Waals surface area contributed by atoms with Gasteiger partial charge in [-0.15, -0.1) is 0 Å². The second-order valence-electron chi connectivity index (χ2n) is 4.84. The molecule has 20 heavy (non-hydrogen) atoms. The van der Waals surface area contributed by atoms with Gasteiger partial charge in [-0.25, -0.2) is 0 Å². The molecule has 3 heteroatoms. The van der Waals surface area contributed by atoms with Crippen molar-refractivity contribution in [3.8, 4) is 0 Å². The number of hydrogen-bond acceptors (Lipinski definition) is 2. The lowest BCUT2D eigenvalue weighted by Gasteiger charge is -2.04. The van der Waals surface area contributed by atoms with Crippen molar-refractivity contribution in [1.29, 1.82) is 0 Å². The first kappa shape index (κ1) is 12.9. The summed E-state index contributed by atoms with van der Waals surface area (Å²) in [6.07, 6.45) is 1.80. The number of rotatable bonds is 3. The minimum absolute atomic E-state index is 0.0145. The summed E-state index contributed by atoms with van der Waals surface area (Å²) in [4.78, 5) is 12.4. The Bertz CT molecular complexity index is 787.